The fourth-order valence-corrected chi connectivity index (χ4v) is 4.15. The molecule has 1 amide bonds. The van der Waals surface area contributed by atoms with Gasteiger partial charge in [0.05, 0.1) is 15.5 Å². The van der Waals surface area contributed by atoms with Gasteiger partial charge in [0, 0.05) is 22.3 Å². The molecule has 5 nitrogen and oxygen atoms in total. The summed E-state index contributed by atoms with van der Waals surface area (Å²) in [6.07, 6.45) is 1.65. The van der Waals surface area contributed by atoms with Gasteiger partial charge in [0.2, 0.25) is 0 Å². The molecule has 0 fully saturated rings. The molecule has 0 atom stereocenters. The second-order valence-electron chi connectivity index (χ2n) is 7.10. The number of amides is 1. The SMILES string of the molecule is O=C(Nc1nn(Cc2c(F)cccc2Cl)cc1Br)c1cccc(COc2ccccc2Br)c1. The molecule has 9 heteroatoms. The Morgan fingerprint density at radius 2 is 1.85 bits per heavy atom. The molecule has 0 spiro atoms. The molecule has 0 aliphatic heterocycles. The van der Waals surface area contributed by atoms with Crippen molar-refractivity contribution in [2.45, 2.75) is 13.2 Å². The van der Waals surface area contributed by atoms with Crippen LogP contribution in [0.4, 0.5) is 10.2 Å². The van der Waals surface area contributed by atoms with Crippen molar-refractivity contribution >= 4 is 55.2 Å². The van der Waals surface area contributed by atoms with Crippen LogP contribution in [0.25, 0.3) is 0 Å². The Morgan fingerprint density at radius 1 is 1.06 bits per heavy atom. The smallest absolute Gasteiger partial charge is 0.256 e. The lowest BCUT2D eigenvalue weighted by atomic mass is 10.1. The number of hydrogen-bond donors (Lipinski definition) is 1. The fourth-order valence-electron chi connectivity index (χ4n) is 3.11. The number of ether oxygens (including phenoxy) is 1. The monoisotopic (exact) mass is 591 g/mol. The average molecular weight is 594 g/mol. The minimum atomic E-state index is -0.415. The summed E-state index contributed by atoms with van der Waals surface area (Å²) in [6, 6.07) is 19.2. The zero-order chi connectivity index (χ0) is 23.4. The number of para-hydroxylation sites is 1. The van der Waals surface area contributed by atoms with Gasteiger partial charge in [-0.25, -0.2) is 4.39 Å². The molecule has 0 aliphatic carbocycles. The van der Waals surface area contributed by atoms with E-state index in [2.05, 4.69) is 42.3 Å². The third-order valence-corrected chi connectivity index (χ3v) is 6.34. The van der Waals surface area contributed by atoms with Gasteiger partial charge in [-0.15, -0.1) is 0 Å². The number of rotatable bonds is 7. The largest absolute Gasteiger partial charge is 0.488 e. The van der Waals surface area contributed by atoms with Crippen molar-refractivity contribution in [3.05, 3.63) is 109 Å². The first-order valence-electron chi connectivity index (χ1n) is 9.84. The van der Waals surface area contributed by atoms with E-state index in [9.17, 15) is 9.18 Å². The zero-order valence-electron chi connectivity index (χ0n) is 17.1. The average Bonchev–Trinajstić information content (AvgIpc) is 3.14. The molecule has 0 unspecified atom stereocenters. The lowest BCUT2D eigenvalue weighted by Crippen LogP contribution is -2.14. The topological polar surface area (TPSA) is 56.2 Å². The summed E-state index contributed by atoms with van der Waals surface area (Å²) in [5.41, 5.74) is 1.63. The van der Waals surface area contributed by atoms with Crippen LogP contribution >= 0.6 is 43.5 Å². The first-order chi connectivity index (χ1) is 15.9. The van der Waals surface area contributed by atoms with Gasteiger partial charge in [0.1, 0.15) is 18.2 Å². The molecule has 0 aliphatic rings. The van der Waals surface area contributed by atoms with Crippen molar-refractivity contribution in [1.82, 2.24) is 9.78 Å². The second kappa shape index (κ2) is 10.5. The maximum absolute atomic E-state index is 14.1. The predicted octanol–water partition coefficient (Wildman–Crippen LogP) is 7.08. The van der Waals surface area contributed by atoms with E-state index in [0.717, 1.165) is 15.8 Å². The molecule has 168 valence electrons. The van der Waals surface area contributed by atoms with E-state index in [1.54, 1.807) is 36.5 Å². The van der Waals surface area contributed by atoms with E-state index in [1.165, 1.54) is 10.7 Å². The van der Waals surface area contributed by atoms with Crippen molar-refractivity contribution in [3.63, 3.8) is 0 Å². The van der Waals surface area contributed by atoms with Crippen LogP contribution in [-0.4, -0.2) is 15.7 Å². The maximum atomic E-state index is 14.1. The minimum Gasteiger partial charge on any atom is -0.488 e. The molecule has 1 aromatic heterocycles. The lowest BCUT2D eigenvalue weighted by molar-refractivity contribution is 0.102. The van der Waals surface area contributed by atoms with Crippen LogP contribution in [0.3, 0.4) is 0 Å². The van der Waals surface area contributed by atoms with Gasteiger partial charge in [-0.2, -0.15) is 5.10 Å². The van der Waals surface area contributed by atoms with E-state index in [0.29, 0.717) is 33.0 Å². The van der Waals surface area contributed by atoms with E-state index in [1.807, 2.05) is 30.3 Å². The summed E-state index contributed by atoms with van der Waals surface area (Å²) in [6.45, 7) is 0.438. The molecule has 1 N–H and O–H groups in total. The third kappa shape index (κ3) is 5.82. The van der Waals surface area contributed by atoms with Crippen LogP contribution in [0.2, 0.25) is 5.02 Å². The van der Waals surface area contributed by atoms with Gasteiger partial charge in [-0.05, 0) is 73.8 Å². The summed E-state index contributed by atoms with van der Waals surface area (Å²) in [5, 5.41) is 7.44. The van der Waals surface area contributed by atoms with Crippen LogP contribution in [-0.2, 0) is 13.2 Å². The molecule has 4 aromatic rings. The van der Waals surface area contributed by atoms with Gasteiger partial charge in [0.25, 0.3) is 5.91 Å². The highest BCUT2D eigenvalue weighted by atomic mass is 79.9. The predicted molar refractivity (Wildman–Crippen MR) is 133 cm³/mol. The number of nitrogens with zero attached hydrogens (tertiary/aromatic N) is 2. The Bertz CT molecular complexity index is 1290. The zero-order valence-corrected chi connectivity index (χ0v) is 21.0. The summed E-state index contributed by atoms with van der Waals surface area (Å²) in [4.78, 5) is 12.8. The Hall–Kier alpha value is -2.68. The molecule has 0 radical (unpaired) electrons. The molecule has 0 bridgehead atoms. The van der Waals surface area contributed by atoms with Crippen molar-refractivity contribution in [1.29, 1.82) is 0 Å². The van der Waals surface area contributed by atoms with E-state index < -0.39 is 5.82 Å². The molecular formula is C24H17Br2ClFN3O2. The first-order valence-corrected chi connectivity index (χ1v) is 11.8. The molecular weight excluding hydrogens is 577 g/mol. The number of aromatic nitrogens is 2. The summed E-state index contributed by atoms with van der Waals surface area (Å²) >= 11 is 12.9. The van der Waals surface area contributed by atoms with Crippen molar-refractivity contribution in [2.24, 2.45) is 0 Å². The highest BCUT2D eigenvalue weighted by Crippen LogP contribution is 2.26. The van der Waals surface area contributed by atoms with E-state index in [-0.39, 0.29) is 12.5 Å². The molecule has 0 saturated carbocycles. The van der Waals surface area contributed by atoms with Gasteiger partial charge >= 0.3 is 0 Å². The molecule has 4 rings (SSSR count). The molecule has 0 saturated heterocycles. The van der Waals surface area contributed by atoms with Crippen LogP contribution in [0.15, 0.2) is 81.9 Å². The molecule has 33 heavy (non-hydrogen) atoms. The number of anilines is 1. The quantitative estimate of drug-likeness (QED) is 0.249. The van der Waals surface area contributed by atoms with Crippen LogP contribution < -0.4 is 10.1 Å². The second-order valence-corrected chi connectivity index (χ2v) is 9.21. The number of benzene rings is 3. The van der Waals surface area contributed by atoms with E-state index in [4.69, 9.17) is 16.3 Å². The van der Waals surface area contributed by atoms with Gasteiger partial charge in [-0.1, -0.05) is 41.9 Å². The maximum Gasteiger partial charge on any atom is 0.256 e. The van der Waals surface area contributed by atoms with Crippen molar-refractivity contribution in [3.8, 4) is 5.75 Å². The summed E-state index contributed by atoms with van der Waals surface area (Å²) in [5.74, 6) is 0.299. The summed E-state index contributed by atoms with van der Waals surface area (Å²) < 4.78 is 22.8. The van der Waals surface area contributed by atoms with Crippen molar-refractivity contribution < 1.29 is 13.9 Å². The van der Waals surface area contributed by atoms with Crippen LogP contribution in [0, 0.1) is 5.82 Å². The van der Waals surface area contributed by atoms with Gasteiger partial charge in [0.15, 0.2) is 5.82 Å². The Morgan fingerprint density at radius 3 is 2.64 bits per heavy atom. The third-order valence-electron chi connectivity index (χ3n) is 4.75. The summed E-state index contributed by atoms with van der Waals surface area (Å²) in [7, 11) is 0. The Balaban J connectivity index is 1.44. The molecule has 3 aromatic carbocycles. The first kappa shape index (κ1) is 23.5. The van der Waals surface area contributed by atoms with Gasteiger partial charge in [-0.3, -0.25) is 9.48 Å². The Kier molecular flexibility index (Phi) is 7.47. The number of carbonyl (C=O) groups is 1. The minimum absolute atomic E-state index is 0.127. The lowest BCUT2D eigenvalue weighted by Gasteiger charge is -2.09. The van der Waals surface area contributed by atoms with Crippen LogP contribution in [0.5, 0.6) is 5.75 Å². The van der Waals surface area contributed by atoms with E-state index >= 15 is 0 Å². The highest BCUT2D eigenvalue weighted by molar-refractivity contribution is 9.11. The number of carbonyl (C=O) groups excluding carboxylic acids is 1. The molecule has 1 heterocycles. The van der Waals surface area contributed by atoms with Crippen molar-refractivity contribution in [2.75, 3.05) is 5.32 Å². The standard InChI is InChI=1S/C24H17Br2ClFN3O2/c25-18-7-1-2-10-22(18)33-14-15-5-3-6-16(11-15)24(32)29-23-19(26)13-31(30-23)12-17-20(27)8-4-9-21(17)28/h1-11,13H,12,14H2,(H,29,30,32). The number of hydrogen-bond acceptors (Lipinski definition) is 3. The number of nitrogens with one attached hydrogen (secondary N) is 1. The van der Waals surface area contributed by atoms with Crippen LogP contribution in [0.1, 0.15) is 21.5 Å². The Labute approximate surface area is 211 Å². The number of halogens is 4. The normalized spacial score (nSPS) is 10.8. The highest BCUT2D eigenvalue weighted by Gasteiger charge is 2.15. The van der Waals surface area contributed by atoms with Gasteiger partial charge < -0.3 is 10.1 Å². The fraction of sp³-hybridized carbons (Fsp3) is 0.0833.